The number of nitrogens with two attached hydrogens (primary N) is 1. The minimum atomic E-state index is -4.38. The van der Waals surface area contributed by atoms with Gasteiger partial charge in [0.1, 0.15) is 6.54 Å². The largest absolute Gasteiger partial charge is 0.405 e. The molecule has 0 aromatic rings. The second-order valence-electron chi connectivity index (χ2n) is 4.81. The van der Waals surface area contributed by atoms with E-state index in [4.69, 9.17) is 5.73 Å². The molecule has 1 aliphatic carbocycles. The van der Waals surface area contributed by atoms with E-state index >= 15 is 0 Å². The third kappa shape index (κ3) is 4.45. The first kappa shape index (κ1) is 15.2. The van der Waals surface area contributed by atoms with Gasteiger partial charge in [-0.05, 0) is 32.7 Å². The van der Waals surface area contributed by atoms with Crippen molar-refractivity contribution in [3.05, 3.63) is 0 Å². The van der Waals surface area contributed by atoms with E-state index < -0.39 is 24.7 Å². The number of hydrogen-bond donors (Lipinski definition) is 2. The predicted octanol–water partition coefficient (Wildman–Crippen LogP) is 0.722. The smallest absolute Gasteiger partial charge is 0.346 e. The van der Waals surface area contributed by atoms with Crippen LogP contribution in [-0.4, -0.2) is 49.2 Å². The molecule has 0 heterocycles. The average Bonchev–Trinajstić information content (AvgIpc) is 3.09. The molecule has 1 amide bonds. The maximum Gasteiger partial charge on any atom is 0.405 e. The molecule has 2 unspecified atom stereocenters. The maximum absolute atomic E-state index is 12.0. The number of nitrogens with zero attached hydrogens (tertiary/aromatic N) is 1. The average molecular weight is 267 g/mol. The van der Waals surface area contributed by atoms with Crippen molar-refractivity contribution in [2.24, 2.45) is 11.7 Å². The van der Waals surface area contributed by atoms with Gasteiger partial charge in [-0.1, -0.05) is 0 Å². The van der Waals surface area contributed by atoms with E-state index in [0.29, 0.717) is 12.5 Å². The highest BCUT2D eigenvalue weighted by Crippen LogP contribution is 2.35. The van der Waals surface area contributed by atoms with Gasteiger partial charge in [-0.25, -0.2) is 0 Å². The Labute approximate surface area is 105 Å². The van der Waals surface area contributed by atoms with E-state index in [-0.39, 0.29) is 6.04 Å². The monoisotopic (exact) mass is 267 g/mol. The molecule has 0 saturated heterocycles. The van der Waals surface area contributed by atoms with Crippen LogP contribution in [-0.2, 0) is 4.79 Å². The molecule has 106 valence electrons. The first-order valence-electron chi connectivity index (χ1n) is 6.02. The Morgan fingerprint density at radius 2 is 2.06 bits per heavy atom. The lowest BCUT2D eigenvalue weighted by Gasteiger charge is -2.31. The molecule has 0 radical (unpaired) electrons. The number of nitrogens with one attached hydrogen (secondary N) is 1. The van der Waals surface area contributed by atoms with Gasteiger partial charge in [-0.15, -0.1) is 0 Å². The first-order chi connectivity index (χ1) is 8.26. The zero-order valence-corrected chi connectivity index (χ0v) is 10.6. The van der Waals surface area contributed by atoms with Crippen LogP contribution in [0.5, 0.6) is 0 Å². The van der Waals surface area contributed by atoms with Crippen molar-refractivity contribution in [1.29, 1.82) is 0 Å². The quantitative estimate of drug-likeness (QED) is 0.745. The van der Waals surface area contributed by atoms with Gasteiger partial charge >= 0.3 is 6.18 Å². The van der Waals surface area contributed by atoms with Gasteiger partial charge in [0.2, 0.25) is 5.91 Å². The van der Waals surface area contributed by atoms with Crippen molar-refractivity contribution in [2.45, 2.75) is 38.0 Å². The lowest BCUT2D eigenvalue weighted by Crippen LogP contribution is -2.52. The molecule has 0 spiro atoms. The van der Waals surface area contributed by atoms with Gasteiger partial charge in [0.25, 0.3) is 0 Å². The molecule has 4 nitrogen and oxygen atoms in total. The summed E-state index contributed by atoms with van der Waals surface area (Å²) in [6.45, 7) is 0.718. The summed E-state index contributed by atoms with van der Waals surface area (Å²) < 4.78 is 36.0. The SMILES string of the molecule is CC(C(=O)NCC(F)(F)F)N(C)C(CN)C1CC1. The summed E-state index contributed by atoms with van der Waals surface area (Å²) in [5.41, 5.74) is 5.64. The molecule has 0 aromatic heterocycles. The summed E-state index contributed by atoms with van der Waals surface area (Å²) in [7, 11) is 1.73. The molecule has 2 atom stereocenters. The molecule has 1 saturated carbocycles. The molecule has 7 heteroatoms. The number of hydrogen-bond acceptors (Lipinski definition) is 3. The topological polar surface area (TPSA) is 58.4 Å². The van der Waals surface area contributed by atoms with E-state index in [1.807, 2.05) is 5.32 Å². The number of amides is 1. The minimum absolute atomic E-state index is 0.0663. The van der Waals surface area contributed by atoms with Crippen LogP contribution in [0.4, 0.5) is 13.2 Å². The molecule has 0 aromatic carbocycles. The second-order valence-corrected chi connectivity index (χ2v) is 4.81. The lowest BCUT2D eigenvalue weighted by atomic mass is 10.1. The van der Waals surface area contributed by atoms with Crippen LogP contribution < -0.4 is 11.1 Å². The third-order valence-electron chi connectivity index (χ3n) is 3.38. The molecule has 1 rings (SSSR count). The highest BCUT2D eigenvalue weighted by atomic mass is 19.4. The van der Waals surface area contributed by atoms with E-state index in [9.17, 15) is 18.0 Å². The third-order valence-corrected chi connectivity index (χ3v) is 3.38. The summed E-state index contributed by atoms with van der Waals surface area (Å²) in [5, 5.41) is 1.90. The Balaban J connectivity index is 2.46. The van der Waals surface area contributed by atoms with Gasteiger partial charge in [-0.3, -0.25) is 9.69 Å². The zero-order valence-electron chi connectivity index (χ0n) is 10.6. The maximum atomic E-state index is 12.0. The van der Waals surface area contributed by atoms with Crippen LogP contribution in [0.15, 0.2) is 0 Å². The van der Waals surface area contributed by atoms with Crippen LogP contribution in [0.3, 0.4) is 0 Å². The Morgan fingerprint density at radius 1 is 1.50 bits per heavy atom. The van der Waals surface area contributed by atoms with Crippen molar-refractivity contribution >= 4 is 5.91 Å². The van der Waals surface area contributed by atoms with Crippen molar-refractivity contribution in [2.75, 3.05) is 20.1 Å². The van der Waals surface area contributed by atoms with Gasteiger partial charge < -0.3 is 11.1 Å². The summed E-state index contributed by atoms with van der Waals surface area (Å²) >= 11 is 0. The van der Waals surface area contributed by atoms with Crippen molar-refractivity contribution in [3.8, 4) is 0 Å². The normalized spacial score (nSPS) is 19.7. The Kier molecular flexibility index (Phi) is 4.98. The van der Waals surface area contributed by atoms with E-state index in [2.05, 4.69) is 0 Å². The molecule has 18 heavy (non-hydrogen) atoms. The molecule has 1 aliphatic rings. The highest BCUT2D eigenvalue weighted by molar-refractivity contribution is 5.81. The fraction of sp³-hybridized carbons (Fsp3) is 0.909. The Hall–Kier alpha value is -0.820. The van der Waals surface area contributed by atoms with Gasteiger partial charge in [0.15, 0.2) is 0 Å². The molecule has 0 bridgehead atoms. The molecule has 3 N–H and O–H groups in total. The van der Waals surface area contributed by atoms with Crippen LogP contribution in [0, 0.1) is 5.92 Å². The van der Waals surface area contributed by atoms with Crippen molar-refractivity contribution in [3.63, 3.8) is 0 Å². The number of halogens is 3. The highest BCUT2D eigenvalue weighted by Gasteiger charge is 2.36. The molecular formula is C11H20F3N3O. The van der Waals surface area contributed by atoms with Crippen molar-refractivity contribution in [1.82, 2.24) is 10.2 Å². The number of rotatable bonds is 6. The van der Waals surface area contributed by atoms with Crippen LogP contribution in [0.1, 0.15) is 19.8 Å². The molecule has 0 aliphatic heterocycles. The minimum Gasteiger partial charge on any atom is -0.346 e. The summed E-state index contributed by atoms with van der Waals surface area (Å²) in [6.07, 6.45) is -2.23. The van der Waals surface area contributed by atoms with E-state index in [0.717, 1.165) is 12.8 Å². The Bertz CT molecular complexity index is 292. The summed E-state index contributed by atoms with van der Waals surface area (Å²) in [4.78, 5) is 13.4. The summed E-state index contributed by atoms with van der Waals surface area (Å²) in [6, 6.07) is -0.543. The Morgan fingerprint density at radius 3 is 2.44 bits per heavy atom. The fourth-order valence-electron chi connectivity index (χ4n) is 1.98. The zero-order chi connectivity index (χ0) is 13.9. The number of alkyl halides is 3. The number of likely N-dealkylation sites (N-methyl/N-ethyl adjacent to an activating group) is 1. The standard InChI is InChI=1S/C11H20F3N3O/c1-7(10(18)16-6-11(12,13)14)17(2)9(5-15)8-3-4-8/h7-9H,3-6,15H2,1-2H3,(H,16,18). The van der Waals surface area contributed by atoms with E-state index in [1.54, 1.807) is 18.9 Å². The van der Waals surface area contributed by atoms with Crippen LogP contribution in [0.25, 0.3) is 0 Å². The summed E-state index contributed by atoms with van der Waals surface area (Å²) in [5.74, 6) is -0.146. The van der Waals surface area contributed by atoms with Gasteiger partial charge in [-0.2, -0.15) is 13.2 Å². The lowest BCUT2D eigenvalue weighted by molar-refractivity contribution is -0.141. The predicted molar refractivity (Wildman–Crippen MR) is 61.9 cm³/mol. The van der Waals surface area contributed by atoms with Crippen LogP contribution >= 0.6 is 0 Å². The molecule has 1 fully saturated rings. The number of carbonyl (C=O) groups excluding carboxylic acids is 1. The first-order valence-corrected chi connectivity index (χ1v) is 6.02. The van der Waals surface area contributed by atoms with Crippen LogP contribution in [0.2, 0.25) is 0 Å². The fourth-order valence-corrected chi connectivity index (χ4v) is 1.98. The van der Waals surface area contributed by atoms with Crippen molar-refractivity contribution < 1.29 is 18.0 Å². The van der Waals surface area contributed by atoms with E-state index in [1.165, 1.54) is 0 Å². The number of carbonyl (C=O) groups is 1. The second kappa shape index (κ2) is 5.88. The molecular weight excluding hydrogens is 247 g/mol. The van der Waals surface area contributed by atoms with Gasteiger partial charge in [0.05, 0.1) is 6.04 Å². The van der Waals surface area contributed by atoms with Gasteiger partial charge in [0, 0.05) is 12.6 Å².